The van der Waals surface area contributed by atoms with Gasteiger partial charge in [-0.1, -0.05) is 6.08 Å². The fourth-order valence-electron chi connectivity index (χ4n) is 2.71. The molecule has 0 aliphatic carbocycles. The molecule has 0 aromatic heterocycles. The smallest absolute Gasteiger partial charge is 0.237 e. The van der Waals surface area contributed by atoms with E-state index in [4.69, 9.17) is 11.6 Å². The first-order chi connectivity index (χ1) is 7.10. The van der Waals surface area contributed by atoms with Crippen LogP contribution in [0, 0.1) is 5.92 Å². The van der Waals surface area contributed by atoms with Crippen LogP contribution < -0.4 is 0 Å². The molecule has 1 aliphatic heterocycles. The number of hydrogen-bond donors (Lipinski definition) is 0. The van der Waals surface area contributed by atoms with E-state index in [1.54, 1.807) is 0 Å². The maximum atomic E-state index is 11.6. The van der Waals surface area contributed by atoms with Crippen LogP contribution >= 0.6 is 11.6 Å². The molecule has 2 atom stereocenters. The number of halogens is 1. The first-order valence-electron chi connectivity index (χ1n) is 5.58. The summed E-state index contributed by atoms with van der Waals surface area (Å²) in [6.07, 6.45) is 5.17. The highest BCUT2D eigenvalue weighted by Crippen LogP contribution is 2.30. The van der Waals surface area contributed by atoms with Crippen LogP contribution in [-0.4, -0.2) is 28.8 Å². The van der Waals surface area contributed by atoms with Crippen LogP contribution in [0.5, 0.6) is 0 Å². The van der Waals surface area contributed by atoms with Crippen molar-refractivity contribution in [1.82, 2.24) is 4.90 Å². The Bertz CT molecular complexity index is 230. The second-order valence-corrected chi connectivity index (χ2v) is 4.76. The summed E-state index contributed by atoms with van der Waals surface area (Å²) in [6.45, 7) is 7.99. The highest BCUT2D eigenvalue weighted by molar-refractivity contribution is 6.27. The second kappa shape index (κ2) is 5.55. The molecule has 1 amide bonds. The summed E-state index contributed by atoms with van der Waals surface area (Å²) in [6, 6.07) is 0.620. The van der Waals surface area contributed by atoms with E-state index >= 15 is 0 Å². The lowest BCUT2D eigenvalue weighted by Crippen LogP contribution is -2.50. The zero-order chi connectivity index (χ0) is 11.4. The molecule has 1 saturated heterocycles. The minimum atomic E-state index is 0.0636. The Morgan fingerprint density at radius 3 is 2.40 bits per heavy atom. The normalized spacial score (nSPS) is 31.4. The van der Waals surface area contributed by atoms with Gasteiger partial charge in [0.25, 0.3) is 0 Å². The maximum Gasteiger partial charge on any atom is 0.237 e. The molecule has 1 rings (SSSR count). The predicted molar refractivity (Wildman–Crippen MR) is 64.0 cm³/mol. The van der Waals surface area contributed by atoms with E-state index < -0.39 is 0 Å². The molecule has 2 nitrogen and oxygen atoms in total. The van der Waals surface area contributed by atoms with Gasteiger partial charge in [0.15, 0.2) is 0 Å². The van der Waals surface area contributed by atoms with Gasteiger partial charge in [-0.2, -0.15) is 0 Å². The molecule has 0 saturated carbocycles. The Labute approximate surface area is 97.3 Å². The highest BCUT2D eigenvalue weighted by Gasteiger charge is 2.32. The number of carbonyl (C=O) groups excluding carboxylic acids is 1. The van der Waals surface area contributed by atoms with Crippen molar-refractivity contribution in [1.29, 1.82) is 0 Å². The van der Waals surface area contributed by atoms with Crippen molar-refractivity contribution < 1.29 is 4.79 Å². The first kappa shape index (κ1) is 12.6. The molecule has 0 spiro atoms. The van der Waals surface area contributed by atoms with E-state index in [0.717, 1.165) is 19.3 Å². The van der Waals surface area contributed by atoms with E-state index in [9.17, 15) is 4.79 Å². The van der Waals surface area contributed by atoms with Gasteiger partial charge in [0.1, 0.15) is 5.88 Å². The maximum absolute atomic E-state index is 11.6. The van der Waals surface area contributed by atoms with Gasteiger partial charge < -0.3 is 4.90 Å². The number of allylic oxidation sites excluding steroid dienone is 1. The molecule has 86 valence electrons. The number of amides is 1. The van der Waals surface area contributed by atoms with Gasteiger partial charge in [-0.05, 0) is 39.0 Å². The summed E-state index contributed by atoms with van der Waals surface area (Å²) in [7, 11) is 0. The van der Waals surface area contributed by atoms with Crippen molar-refractivity contribution in [2.24, 2.45) is 5.92 Å². The van der Waals surface area contributed by atoms with Crippen LogP contribution in [0.25, 0.3) is 0 Å². The van der Waals surface area contributed by atoms with Gasteiger partial charge in [-0.25, -0.2) is 0 Å². The minimum absolute atomic E-state index is 0.0636. The lowest BCUT2D eigenvalue weighted by Gasteiger charge is -2.42. The third-order valence-electron chi connectivity index (χ3n) is 3.20. The van der Waals surface area contributed by atoms with Gasteiger partial charge in [-0.15, -0.1) is 18.2 Å². The fraction of sp³-hybridized carbons (Fsp3) is 0.750. The largest absolute Gasteiger partial charge is 0.336 e. The van der Waals surface area contributed by atoms with Crippen molar-refractivity contribution in [3.05, 3.63) is 12.7 Å². The Morgan fingerprint density at radius 1 is 1.47 bits per heavy atom. The third-order valence-corrected chi connectivity index (χ3v) is 3.43. The van der Waals surface area contributed by atoms with E-state index in [1.165, 1.54) is 0 Å². The number of alkyl halides is 1. The van der Waals surface area contributed by atoms with Crippen LogP contribution in [0.1, 0.15) is 33.1 Å². The molecular weight excluding hydrogens is 210 g/mol. The summed E-state index contributed by atoms with van der Waals surface area (Å²) in [5.41, 5.74) is 0. The third kappa shape index (κ3) is 2.97. The number of carbonyl (C=O) groups is 1. The van der Waals surface area contributed by atoms with E-state index in [1.807, 2.05) is 11.0 Å². The number of piperidine rings is 1. The molecule has 0 bridgehead atoms. The SMILES string of the molecule is C=CCC1CC(C)N(C(=O)CCl)C(C)C1. The van der Waals surface area contributed by atoms with Crippen LogP contribution in [-0.2, 0) is 4.79 Å². The van der Waals surface area contributed by atoms with Crippen molar-refractivity contribution in [2.75, 3.05) is 5.88 Å². The van der Waals surface area contributed by atoms with E-state index in [0.29, 0.717) is 18.0 Å². The van der Waals surface area contributed by atoms with Crippen molar-refractivity contribution in [3.8, 4) is 0 Å². The Balaban J connectivity index is 2.63. The molecule has 3 heteroatoms. The standard InChI is InChI=1S/C12H20ClNO/c1-4-5-11-6-9(2)14(10(3)7-11)12(15)8-13/h4,9-11H,1,5-8H2,2-3H3. The summed E-state index contributed by atoms with van der Waals surface area (Å²) in [5.74, 6) is 0.835. The Hall–Kier alpha value is -0.500. The van der Waals surface area contributed by atoms with Crippen LogP contribution in [0.4, 0.5) is 0 Å². The van der Waals surface area contributed by atoms with E-state index in [-0.39, 0.29) is 11.8 Å². The van der Waals surface area contributed by atoms with Gasteiger partial charge in [0.05, 0.1) is 0 Å². The minimum Gasteiger partial charge on any atom is -0.336 e. The Kier molecular flexibility index (Phi) is 4.65. The summed E-state index contributed by atoms with van der Waals surface area (Å²) in [4.78, 5) is 13.6. The average Bonchev–Trinajstić information content (AvgIpc) is 2.16. The van der Waals surface area contributed by atoms with Crippen LogP contribution in [0.3, 0.4) is 0 Å². The molecule has 0 radical (unpaired) electrons. The molecule has 0 N–H and O–H groups in total. The lowest BCUT2D eigenvalue weighted by molar-refractivity contribution is -0.135. The molecule has 2 unspecified atom stereocenters. The summed E-state index contributed by atoms with van der Waals surface area (Å²) < 4.78 is 0. The molecule has 15 heavy (non-hydrogen) atoms. The van der Waals surface area contributed by atoms with Crippen molar-refractivity contribution in [2.45, 2.75) is 45.2 Å². The number of likely N-dealkylation sites (tertiary alicyclic amines) is 1. The monoisotopic (exact) mass is 229 g/mol. The van der Waals surface area contributed by atoms with Crippen LogP contribution in [0.2, 0.25) is 0 Å². The molecule has 0 aromatic carbocycles. The zero-order valence-corrected chi connectivity index (χ0v) is 10.3. The average molecular weight is 230 g/mol. The number of rotatable bonds is 3. The van der Waals surface area contributed by atoms with Gasteiger partial charge in [-0.3, -0.25) is 4.79 Å². The Morgan fingerprint density at radius 2 is 2.00 bits per heavy atom. The summed E-state index contributed by atoms with van der Waals surface area (Å²) >= 11 is 5.61. The highest BCUT2D eigenvalue weighted by atomic mass is 35.5. The number of hydrogen-bond acceptors (Lipinski definition) is 1. The predicted octanol–water partition coefficient (Wildman–Crippen LogP) is 2.82. The molecular formula is C12H20ClNO. The molecule has 1 heterocycles. The second-order valence-electron chi connectivity index (χ2n) is 4.49. The van der Waals surface area contributed by atoms with Crippen LogP contribution in [0.15, 0.2) is 12.7 Å². The van der Waals surface area contributed by atoms with E-state index in [2.05, 4.69) is 20.4 Å². The summed E-state index contributed by atoms with van der Waals surface area (Å²) in [5, 5.41) is 0. The van der Waals surface area contributed by atoms with Gasteiger partial charge >= 0.3 is 0 Å². The van der Waals surface area contributed by atoms with Gasteiger partial charge in [0, 0.05) is 12.1 Å². The topological polar surface area (TPSA) is 20.3 Å². The van der Waals surface area contributed by atoms with Crippen molar-refractivity contribution in [3.63, 3.8) is 0 Å². The van der Waals surface area contributed by atoms with Gasteiger partial charge in [0.2, 0.25) is 5.91 Å². The first-order valence-corrected chi connectivity index (χ1v) is 6.11. The number of nitrogens with zero attached hydrogens (tertiary/aromatic N) is 1. The fourth-order valence-corrected chi connectivity index (χ4v) is 2.85. The van der Waals surface area contributed by atoms with Crippen molar-refractivity contribution >= 4 is 17.5 Å². The zero-order valence-electron chi connectivity index (χ0n) is 9.58. The molecule has 1 fully saturated rings. The quantitative estimate of drug-likeness (QED) is 0.538. The molecule has 1 aliphatic rings. The molecule has 0 aromatic rings. The lowest BCUT2D eigenvalue weighted by atomic mass is 9.85.